The highest BCUT2D eigenvalue weighted by Gasteiger charge is 2.12. The predicted octanol–water partition coefficient (Wildman–Crippen LogP) is 3.62. The zero-order chi connectivity index (χ0) is 19.8. The van der Waals surface area contributed by atoms with Crippen molar-refractivity contribution in [1.82, 2.24) is 14.8 Å². The number of amides is 1. The average Bonchev–Trinajstić information content (AvgIpc) is 3.20. The van der Waals surface area contributed by atoms with E-state index in [-0.39, 0.29) is 11.7 Å². The van der Waals surface area contributed by atoms with Gasteiger partial charge in [-0.1, -0.05) is 30.0 Å². The van der Waals surface area contributed by atoms with Crippen molar-refractivity contribution in [2.45, 2.75) is 10.1 Å². The minimum atomic E-state index is -0.157. The second-order valence-corrected chi connectivity index (χ2v) is 7.42. The summed E-state index contributed by atoms with van der Waals surface area (Å²) in [4.78, 5) is 13.3. The van der Waals surface area contributed by atoms with E-state index < -0.39 is 0 Å². The maximum Gasteiger partial charge on any atom is 0.234 e. The number of hydrogen-bond donors (Lipinski definition) is 1. The normalized spacial score (nSPS) is 10.3. The Hall–Kier alpha value is -2.96. The van der Waals surface area contributed by atoms with Crippen molar-refractivity contribution in [2.75, 3.05) is 23.9 Å². The zero-order valence-corrected chi connectivity index (χ0v) is 16.7. The third-order valence-corrected chi connectivity index (χ3v) is 5.52. The number of carbonyl (C=O) groups is 1. The maximum atomic E-state index is 12.4. The number of nitrogens with one attached hydrogen (secondary N) is 1. The van der Waals surface area contributed by atoms with Gasteiger partial charge < -0.3 is 10.1 Å². The van der Waals surface area contributed by atoms with Gasteiger partial charge in [0.05, 0.1) is 36.1 Å². The van der Waals surface area contributed by atoms with E-state index >= 15 is 0 Å². The number of rotatable bonds is 8. The number of ether oxygens (including phenoxy) is 1. The lowest BCUT2D eigenvalue weighted by atomic mass is 10.3. The first kappa shape index (κ1) is 19.8. The molecule has 142 valence electrons. The van der Waals surface area contributed by atoms with E-state index in [4.69, 9.17) is 10.00 Å². The fourth-order valence-corrected chi connectivity index (χ4v) is 3.78. The summed E-state index contributed by atoms with van der Waals surface area (Å²) < 4.78 is 7.05. The largest absolute Gasteiger partial charge is 0.497 e. The van der Waals surface area contributed by atoms with E-state index in [0.29, 0.717) is 16.6 Å². The summed E-state index contributed by atoms with van der Waals surface area (Å²) in [5, 5.41) is 20.3. The molecule has 0 unspecified atom stereocenters. The first-order valence-corrected chi connectivity index (χ1v) is 10.2. The summed E-state index contributed by atoms with van der Waals surface area (Å²) in [5.41, 5.74) is 1.55. The minimum absolute atomic E-state index is 0.157. The summed E-state index contributed by atoms with van der Waals surface area (Å²) in [6, 6.07) is 17.0. The number of carbonyl (C=O) groups excluding carboxylic acids is 1. The van der Waals surface area contributed by atoms with Gasteiger partial charge in [0.15, 0.2) is 5.16 Å². The number of thioether (sulfide) groups is 2. The van der Waals surface area contributed by atoms with Crippen LogP contribution in [0.1, 0.15) is 0 Å². The molecule has 0 radical (unpaired) electrons. The van der Waals surface area contributed by atoms with Crippen molar-refractivity contribution in [3.8, 4) is 17.5 Å². The molecule has 7 nitrogen and oxygen atoms in total. The Kier molecular flexibility index (Phi) is 6.94. The van der Waals surface area contributed by atoms with Gasteiger partial charge in [-0.25, -0.2) is 0 Å². The fourth-order valence-electron chi connectivity index (χ4n) is 2.38. The molecule has 1 aromatic heterocycles. The van der Waals surface area contributed by atoms with E-state index in [1.807, 2.05) is 48.5 Å². The van der Waals surface area contributed by atoms with Crippen molar-refractivity contribution in [2.24, 2.45) is 0 Å². The van der Waals surface area contributed by atoms with Crippen LogP contribution in [0.4, 0.5) is 5.69 Å². The summed E-state index contributed by atoms with van der Waals surface area (Å²) in [6.07, 6.45) is 1.60. The maximum absolute atomic E-state index is 12.4. The standard InChI is InChI=1S/C19H17N5O2S2/c1-26-15-6-4-5-14(11-15)24-13-21-23-19(24)28-12-18(25)22-16-7-2-3-8-17(16)27-10-9-20/h2-8,11,13H,10,12H2,1H3,(H,22,25). The number of benzene rings is 2. The molecule has 0 aliphatic rings. The van der Waals surface area contributed by atoms with Gasteiger partial charge in [-0.2, -0.15) is 5.26 Å². The van der Waals surface area contributed by atoms with E-state index in [9.17, 15) is 4.79 Å². The van der Waals surface area contributed by atoms with Gasteiger partial charge >= 0.3 is 0 Å². The Morgan fingerprint density at radius 2 is 2.11 bits per heavy atom. The molecule has 0 fully saturated rings. The number of methoxy groups -OCH3 is 1. The lowest BCUT2D eigenvalue weighted by Gasteiger charge is -2.10. The molecule has 1 N–H and O–H groups in total. The molecule has 0 aliphatic carbocycles. The summed E-state index contributed by atoms with van der Waals surface area (Å²) in [7, 11) is 1.61. The van der Waals surface area contributed by atoms with Crippen LogP contribution in [0.2, 0.25) is 0 Å². The van der Waals surface area contributed by atoms with Gasteiger partial charge in [-0.3, -0.25) is 9.36 Å². The van der Waals surface area contributed by atoms with Crippen molar-refractivity contribution in [1.29, 1.82) is 5.26 Å². The van der Waals surface area contributed by atoms with Gasteiger partial charge in [-0.15, -0.1) is 22.0 Å². The molecule has 28 heavy (non-hydrogen) atoms. The first-order valence-electron chi connectivity index (χ1n) is 8.27. The van der Waals surface area contributed by atoms with Crippen molar-refractivity contribution < 1.29 is 9.53 Å². The summed E-state index contributed by atoms with van der Waals surface area (Å²) >= 11 is 2.68. The first-order chi connectivity index (χ1) is 13.7. The van der Waals surface area contributed by atoms with E-state index in [0.717, 1.165) is 16.3 Å². The molecule has 1 amide bonds. The molecule has 0 atom stereocenters. The molecule has 3 aromatic rings. The van der Waals surface area contributed by atoms with E-state index in [2.05, 4.69) is 21.6 Å². The Balaban J connectivity index is 1.65. The highest BCUT2D eigenvalue weighted by atomic mass is 32.2. The Bertz CT molecular complexity index is 1000. The lowest BCUT2D eigenvalue weighted by Crippen LogP contribution is -2.15. The molecule has 3 rings (SSSR count). The number of nitrogens with zero attached hydrogens (tertiary/aromatic N) is 4. The van der Waals surface area contributed by atoms with Crippen LogP contribution in [0.15, 0.2) is 64.9 Å². The van der Waals surface area contributed by atoms with Gasteiger partial charge in [0.25, 0.3) is 0 Å². The van der Waals surface area contributed by atoms with Crippen molar-refractivity contribution >= 4 is 35.1 Å². The van der Waals surface area contributed by atoms with E-state index in [1.165, 1.54) is 23.5 Å². The Labute approximate surface area is 171 Å². The molecule has 1 heterocycles. The molecule has 9 heteroatoms. The quantitative estimate of drug-likeness (QED) is 0.566. The molecular weight excluding hydrogens is 394 g/mol. The van der Waals surface area contributed by atoms with Gasteiger partial charge in [0.2, 0.25) is 5.91 Å². The lowest BCUT2D eigenvalue weighted by molar-refractivity contribution is -0.113. The van der Waals surface area contributed by atoms with Crippen LogP contribution in [0.25, 0.3) is 5.69 Å². The van der Waals surface area contributed by atoms with Crippen LogP contribution < -0.4 is 10.1 Å². The van der Waals surface area contributed by atoms with Crippen LogP contribution in [0.3, 0.4) is 0 Å². The summed E-state index contributed by atoms with van der Waals surface area (Å²) in [6.45, 7) is 0. The highest BCUT2D eigenvalue weighted by molar-refractivity contribution is 8.00. The number of nitriles is 1. The smallest absolute Gasteiger partial charge is 0.234 e. The Morgan fingerprint density at radius 1 is 1.25 bits per heavy atom. The van der Waals surface area contributed by atoms with Crippen LogP contribution in [0.5, 0.6) is 5.75 Å². The van der Waals surface area contributed by atoms with Crippen LogP contribution in [0, 0.1) is 11.3 Å². The van der Waals surface area contributed by atoms with Gasteiger partial charge in [0, 0.05) is 11.0 Å². The number of para-hydroxylation sites is 1. The van der Waals surface area contributed by atoms with Crippen molar-refractivity contribution in [3.05, 3.63) is 54.9 Å². The van der Waals surface area contributed by atoms with Gasteiger partial charge in [-0.05, 0) is 24.3 Å². The third kappa shape index (κ3) is 5.06. The molecule has 2 aromatic carbocycles. The molecule has 0 spiro atoms. The second kappa shape index (κ2) is 9.82. The Morgan fingerprint density at radius 3 is 2.93 bits per heavy atom. The number of hydrogen-bond acceptors (Lipinski definition) is 7. The molecular formula is C19H17N5O2S2. The molecule has 0 saturated carbocycles. The van der Waals surface area contributed by atoms with Crippen molar-refractivity contribution in [3.63, 3.8) is 0 Å². The van der Waals surface area contributed by atoms with Crippen LogP contribution in [-0.4, -0.2) is 39.3 Å². The number of anilines is 1. The molecule has 0 aliphatic heterocycles. The SMILES string of the molecule is COc1cccc(-n2cnnc2SCC(=O)Nc2ccccc2SCC#N)c1. The predicted molar refractivity (Wildman–Crippen MR) is 110 cm³/mol. The van der Waals surface area contributed by atoms with E-state index in [1.54, 1.807) is 18.0 Å². The fraction of sp³-hybridized carbons (Fsp3) is 0.158. The molecule has 0 bridgehead atoms. The average molecular weight is 412 g/mol. The van der Waals surface area contributed by atoms with Crippen LogP contribution in [-0.2, 0) is 4.79 Å². The monoisotopic (exact) mass is 411 g/mol. The summed E-state index contributed by atoms with van der Waals surface area (Å²) in [5.74, 6) is 1.08. The highest BCUT2D eigenvalue weighted by Crippen LogP contribution is 2.27. The topological polar surface area (TPSA) is 92.8 Å². The zero-order valence-electron chi connectivity index (χ0n) is 15.0. The second-order valence-electron chi connectivity index (χ2n) is 5.46. The van der Waals surface area contributed by atoms with Crippen LogP contribution >= 0.6 is 23.5 Å². The number of aromatic nitrogens is 3. The third-order valence-electron chi connectivity index (χ3n) is 3.63. The molecule has 0 saturated heterocycles. The van der Waals surface area contributed by atoms with Gasteiger partial charge in [0.1, 0.15) is 12.1 Å². The minimum Gasteiger partial charge on any atom is -0.497 e.